The number of hydrogen-bond donors (Lipinski definition) is 1. The van der Waals surface area contributed by atoms with Crippen molar-refractivity contribution in [2.75, 3.05) is 13.2 Å². The zero-order valence-corrected chi connectivity index (χ0v) is 13.8. The lowest BCUT2D eigenvalue weighted by Crippen LogP contribution is -2.27. The van der Waals surface area contributed by atoms with Gasteiger partial charge in [0.1, 0.15) is 13.2 Å². The van der Waals surface area contributed by atoms with Gasteiger partial charge in [-0.1, -0.05) is 20.3 Å². The molecule has 124 valence electrons. The molecule has 0 amide bonds. The van der Waals surface area contributed by atoms with Crippen molar-refractivity contribution in [2.24, 2.45) is 5.41 Å². The molecular formula is C16H30O5. The lowest BCUT2D eigenvalue weighted by Gasteiger charge is -2.20. The minimum Gasteiger partial charge on any atom is -0.462 e. The topological polar surface area (TPSA) is 72.8 Å². The van der Waals surface area contributed by atoms with Gasteiger partial charge in [0.05, 0.1) is 11.5 Å². The van der Waals surface area contributed by atoms with Crippen LogP contribution in [0, 0.1) is 5.41 Å². The Balaban J connectivity index is 3.61. The van der Waals surface area contributed by atoms with Crippen molar-refractivity contribution in [2.45, 2.75) is 72.3 Å². The van der Waals surface area contributed by atoms with E-state index in [0.29, 0.717) is 25.7 Å². The van der Waals surface area contributed by atoms with E-state index in [2.05, 4.69) is 0 Å². The highest BCUT2D eigenvalue weighted by molar-refractivity contribution is 5.75. The van der Waals surface area contributed by atoms with Crippen LogP contribution in [0.15, 0.2) is 0 Å². The summed E-state index contributed by atoms with van der Waals surface area (Å²) in [5, 5.41) is 9.37. The molecule has 0 aromatic carbocycles. The maximum absolute atomic E-state index is 11.7. The van der Waals surface area contributed by atoms with Gasteiger partial charge in [-0.2, -0.15) is 0 Å². The van der Waals surface area contributed by atoms with Gasteiger partial charge in [-0.15, -0.1) is 0 Å². The summed E-state index contributed by atoms with van der Waals surface area (Å²) in [5.41, 5.74) is -0.496. The first kappa shape index (κ1) is 19.9. The molecular weight excluding hydrogens is 272 g/mol. The molecule has 0 aromatic heterocycles. The Kier molecular flexibility index (Phi) is 10.0. The molecule has 0 saturated heterocycles. The molecule has 5 nitrogen and oxygen atoms in total. The lowest BCUT2D eigenvalue weighted by atomic mass is 9.91. The van der Waals surface area contributed by atoms with Crippen LogP contribution in [0.2, 0.25) is 0 Å². The predicted molar refractivity (Wildman–Crippen MR) is 80.8 cm³/mol. The van der Waals surface area contributed by atoms with E-state index in [1.807, 2.05) is 27.7 Å². The van der Waals surface area contributed by atoms with Crippen LogP contribution in [0.3, 0.4) is 0 Å². The highest BCUT2D eigenvalue weighted by Gasteiger charge is 2.26. The fraction of sp³-hybridized carbons (Fsp3) is 0.875. The van der Waals surface area contributed by atoms with E-state index in [-0.39, 0.29) is 31.3 Å². The van der Waals surface area contributed by atoms with Crippen molar-refractivity contribution < 1.29 is 24.2 Å². The standard InChI is InChI=1S/C16H30O5/c1-5-13(17)9-7-8-10-14(18)20-11-12-21-15(19)16(3,4)6-2/h13,17H,5-12H2,1-4H3. The number of carbonyl (C=O) groups excluding carboxylic acids is 2. The summed E-state index contributed by atoms with van der Waals surface area (Å²) >= 11 is 0. The van der Waals surface area contributed by atoms with Gasteiger partial charge in [-0.3, -0.25) is 9.59 Å². The van der Waals surface area contributed by atoms with E-state index < -0.39 is 5.41 Å². The second-order valence-corrected chi connectivity index (χ2v) is 5.90. The Morgan fingerprint density at radius 3 is 2.29 bits per heavy atom. The van der Waals surface area contributed by atoms with Gasteiger partial charge in [0.15, 0.2) is 0 Å². The van der Waals surface area contributed by atoms with Crippen molar-refractivity contribution >= 4 is 11.9 Å². The minimum absolute atomic E-state index is 0.0992. The van der Waals surface area contributed by atoms with Gasteiger partial charge in [-0.25, -0.2) is 0 Å². The summed E-state index contributed by atoms with van der Waals surface area (Å²) in [7, 11) is 0. The van der Waals surface area contributed by atoms with Crippen LogP contribution in [-0.2, 0) is 19.1 Å². The molecule has 0 aromatic rings. The number of aliphatic hydroxyl groups is 1. The number of carbonyl (C=O) groups is 2. The molecule has 1 atom stereocenters. The number of esters is 2. The first-order valence-electron chi connectivity index (χ1n) is 7.84. The Labute approximate surface area is 128 Å². The molecule has 1 N–H and O–H groups in total. The summed E-state index contributed by atoms with van der Waals surface area (Å²) in [6, 6.07) is 0. The molecule has 0 radical (unpaired) electrons. The molecule has 0 spiro atoms. The number of ether oxygens (including phenoxy) is 2. The molecule has 0 bridgehead atoms. The molecule has 0 saturated carbocycles. The van der Waals surface area contributed by atoms with Crippen molar-refractivity contribution in [3.05, 3.63) is 0 Å². The Hall–Kier alpha value is -1.10. The quantitative estimate of drug-likeness (QED) is 0.469. The molecule has 0 aliphatic carbocycles. The average Bonchev–Trinajstić information content (AvgIpc) is 2.47. The SMILES string of the molecule is CCC(O)CCCCC(=O)OCCOC(=O)C(C)(C)CC. The highest BCUT2D eigenvalue weighted by Crippen LogP contribution is 2.21. The van der Waals surface area contributed by atoms with E-state index in [9.17, 15) is 14.7 Å². The summed E-state index contributed by atoms with van der Waals surface area (Å²) in [4.78, 5) is 23.1. The van der Waals surface area contributed by atoms with E-state index in [0.717, 1.165) is 12.8 Å². The van der Waals surface area contributed by atoms with Gasteiger partial charge in [0, 0.05) is 6.42 Å². The molecule has 0 aliphatic rings. The third-order valence-electron chi connectivity index (χ3n) is 3.66. The fourth-order valence-electron chi connectivity index (χ4n) is 1.56. The van der Waals surface area contributed by atoms with Crippen LogP contribution >= 0.6 is 0 Å². The lowest BCUT2D eigenvalue weighted by molar-refractivity contribution is -0.159. The van der Waals surface area contributed by atoms with Crippen molar-refractivity contribution in [1.82, 2.24) is 0 Å². The third-order valence-corrected chi connectivity index (χ3v) is 3.66. The molecule has 0 heterocycles. The predicted octanol–water partition coefficient (Wildman–Crippen LogP) is 2.84. The van der Waals surface area contributed by atoms with Crippen LogP contribution in [-0.4, -0.2) is 36.4 Å². The molecule has 0 rings (SSSR count). The molecule has 0 aliphatic heterocycles. The summed E-state index contributed by atoms with van der Waals surface area (Å²) < 4.78 is 10.1. The normalized spacial score (nSPS) is 12.8. The Bertz CT molecular complexity index is 312. The largest absolute Gasteiger partial charge is 0.462 e. The van der Waals surface area contributed by atoms with Crippen LogP contribution in [0.4, 0.5) is 0 Å². The Morgan fingerprint density at radius 1 is 1.10 bits per heavy atom. The number of unbranched alkanes of at least 4 members (excludes halogenated alkanes) is 1. The second kappa shape index (κ2) is 10.6. The van der Waals surface area contributed by atoms with Crippen LogP contribution in [0.25, 0.3) is 0 Å². The second-order valence-electron chi connectivity index (χ2n) is 5.90. The van der Waals surface area contributed by atoms with Gasteiger partial charge in [0.2, 0.25) is 0 Å². The first-order valence-corrected chi connectivity index (χ1v) is 7.84. The Morgan fingerprint density at radius 2 is 1.71 bits per heavy atom. The fourth-order valence-corrected chi connectivity index (χ4v) is 1.56. The van der Waals surface area contributed by atoms with E-state index in [4.69, 9.17) is 9.47 Å². The van der Waals surface area contributed by atoms with Gasteiger partial charge in [0.25, 0.3) is 0 Å². The van der Waals surface area contributed by atoms with Gasteiger partial charge in [-0.05, 0) is 39.5 Å². The molecule has 1 unspecified atom stereocenters. The summed E-state index contributed by atoms with van der Waals surface area (Å²) in [5.74, 6) is -0.554. The maximum atomic E-state index is 11.7. The van der Waals surface area contributed by atoms with Gasteiger partial charge < -0.3 is 14.6 Å². The van der Waals surface area contributed by atoms with Crippen LogP contribution in [0.1, 0.15) is 66.2 Å². The number of hydrogen-bond acceptors (Lipinski definition) is 5. The van der Waals surface area contributed by atoms with E-state index >= 15 is 0 Å². The number of aliphatic hydroxyl groups excluding tert-OH is 1. The van der Waals surface area contributed by atoms with Crippen LogP contribution in [0.5, 0.6) is 0 Å². The molecule has 21 heavy (non-hydrogen) atoms. The van der Waals surface area contributed by atoms with Gasteiger partial charge >= 0.3 is 11.9 Å². The minimum atomic E-state index is -0.496. The number of rotatable bonds is 11. The van der Waals surface area contributed by atoms with E-state index in [1.165, 1.54) is 0 Å². The monoisotopic (exact) mass is 302 g/mol. The average molecular weight is 302 g/mol. The van der Waals surface area contributed by atoms with E-state index in [1.54, 1.807) is 0 Å². The first-order chi connectivity index (χ1) is 9.83. The smallest absolute Gasteiger partial charge is 0.311 e. The summed E-state index contributed by atoms with van der Waals surface area (Å²) in [6.07, 6.45) is 3.74. The molecule has 5 heteroatoms. The van der Waals surface area contributed by atoms with Crippen molar-refractivity contribution in [1.29, 1.82) is 0 Å². The zero-order chi connectivity index (χ0) is 16.3. The van der Waals surface area contributed by atoms with Crippen molar-refractivity contribution in [3.8, 4) is 0 Å². The highest BCUT2D eigenvalue weighted by atomic mass is 16.6. The summed E-state index contributed by atoms with van der Waals surface area (Å²) in [6.45, 7) is 7.71. The zero-order valence-electron chi connectivity index (χ0n) is 13.8. The molecule has 0 fully saturated rings. The third kappa shape index (κ3) is 9.45. The van der Waals surface area contributed by atoms with Crippen LogP contribution < -0.4 is 0 Å². The maximum Gasteiger partial charge on any atom is 0.311 e. The van der Waals surface area contributed by atoms with Crippen molar-refractivity contribution in [3.63, 3.8) is 0 Å².